The van der Waals surface area contributed by atoms with Gasteiger partial charge in [-0.25, -0.2) is 0 Å². The fraction of sp³-hybridized carbons (Fsp3) is 0.556. The van der Waals surface area contributed by atoms with Gasteiger partial charge in [-0.3, -0.25) is 9.59 Å². The lowest BCUT2D eigenvalue weighted by atomic mass is 10.2. The number of nitrogens with zero attached hydrogens (tertiary/aromatic N) is 1. The first kappa shape index (κ1) is 8.29. The molecule has 0 bridgehead atoms. The summed E-state index contributed by atoms with van der Waals surface area (Å²) in [4.78, 5) is 23.4. The summed E-state index contributed by atoms with van der Waals surface area (Å²) in [5.74, 6) is -0.617. The molecule has 1 saturated carbocycles. The van der Waals surface area contributed by atoms with Crippen molar-refractivity contribution in [1.29, 1.82) is 0 Å². The Hall–Kier alpha value is -1.32. The van der Waals surface area contributed by atoms with Crippen molar-refractivity contribution in [1.82, 2.24) is 4.90 Å². The van der Waals surface area contributed by atoms with Gasteiger partial charge in [0.05, 0.1) is 5.92 Å². The van der Waals surface area contributed by atoms with Gasteiger partial charge >= 0.3 is 5.97 Å². The minimum atomic E-state index is -0.722. The summed E-state index contributed by atoms with van der Waals surface area (Å²) in [7, 11) is 0. The van der Waals surface area contributed by atoms with Gasteiger partial charge in [0.1, 0.15) is 0 Å². The number of rotatable bonds is 2. The van der Waals surface area contributed by atoms with E-state index in [1.54, 1.807) is 4.90 Å². The molecule has 0 aromatic heterocycles. The van der Waals surface area contributed by atoms with Crippen LogP contribution in [0.2, 0.25) is 0 Å². The van der Waals surface area contributed by atoms with Crippen LogP contribution in [0.1, 0.15) is 0 Å². The van der Waals surface area contributed by atoms with Crippen molar-refractivity contribution in [3.05, 3.63) is 12.7 Å². The molecule has 1 heterocycles. The van der Waals surface area contributed by atoms with Crippen molar-refractivity contribution in [2.24, 2.45) is 17.8 Å². The maximum Gasteiger partial charge on any atom is 0.307 e. The highest BCUT2D eigenvalue weighted by atomic mass is 16.4. The van der Waals surface area contributed by atoms with E-state index in [1.165, 1.54) is 6.08 Å². The first-order valence-electron chi connectivity index (χ1n) is 4.29. The van der Waals surface area contributed by atoms with E-state index in [-0.39, 0.29) is 23.7 Å². The standard InChI is InChI=1S/C9H11NO3/c1-2-7(11)10-3-5-6(4-10)8(5)9(12)13/h2,5-6,8H,1,3-4H2,(H,12,13)/t5-,6+,8?. The van der Waals surface area contributed by atoms with E-state index in [0.29, 0.717) is 13.1 Å². The number of hydrogen-bond donors (Lipinski definition) is 1. The Morgan fingerprint density at radius 2 is 1.92 bits per heavy atom. The molecule has 1 aliphatic heterocycles. The largest absolute Gasteiger partial charge is 0.481 e. The lowest BCUT2D eigenvalue weighted by Gasteiger charge is -2.16. The van der Waals surface area contributed by atoms with Crippen molar-refractivity contribution >= 4 is 11.9 Å². The van der Waals surface area contributed by atoms with Crippen LogP contribution < -0.4 is 0 Å². The molecule has 1 N–H and O–H groups in total. The van der Waals surface area contributed by atoms with Gasteiger partial charge < -0.3 is 10.0 Å². The molecule has 1 unspecified atom stereocenters. The summed E-state index contributed by atoms with van der Waals surface area (Å²) in [6, 6.07) is 0. The van der Waals surface area contributed by atoms with Crippen LogP contribution in [0.3, 0.4) is 0 Å². The molecule has 2 rings (SSSR count). The lowest BCUT2D eigenvalue weighted by molar-refractivity contribution is -0.140. The van der Waals surface area contributed by atoms with Crippen LogP contribution in [-0.4, -0.2) is 35.0 Å². The van der Waals surface area contributed by atoms with Gasteiger partial charge in [0.15, 0.2) is 0 Å². The zero-order valence-corrected chi connectivity index (χ0v) is 7.14. The summed E-state index contributed by atoms with van der Waals surface area (Å²) in [5.41, 5.74) is 0. The minimum Gasteiger partial charge on any atom is -0.481 e. The second-order valence-electron chi connectivity index (χ2n) is 3.64. The molecular weight excluding hydrogens is 170 g/mol. The van der Waals surface area contributed by atoms with Crippen LogP contribution in [0.15, 0.2) is 12.7 Å². The molecule has 1 amide bonds. The molecule has 0 spiro atoms. The summed E-state index contributed by atoms with van der Waals surface area (Å²) < 4.78 is 0. The van der Waals surface area contributed by atoms with Crippen LogP contribution in [-0.2, 0) is 9.59 Å². The van der Waals surface area contributed by atoms with Gasteiger partial charge in [-0.15, -0.1) is 0 Å². The Kier molecular flexibility index (Phi) is 1.65. The minimum absolute atomic E-state index is 0.0867. The smallest absolute Gasteiger partial charge is 0.307 e. The zero-order valence-electron chi connectivity index (χ0n) is 7.14. The fourth-order valence-electron chi connectivity index (χ4n) is 2.20. The van der Waals surface area contributed by atoms with Crippen LogP contribution >= 0.6 is 0 Å². The summed E-state index contributed by atoms with van der Waals surface area (Å²) in [6.45, 7) is 4.57. The Balaban J connectivity index is 1.93. The second-order valence-corrected chi connectivity index (χ2v) is 3.64. The average Bonchev–Trinajstić information content (AvgIpc) is 2.62. The van der Waals surface area contributed by atoms with E-state index < -0.39 is 5.97 Å². The molecule has 0 radical (unpaired) electrons. The van der Waals surface area contributed by atoms with E-state index in [9.17, 15) is 9.59 Å². The van der Waals surface area contributed by atoms with E-state index in [4.69, 9.17) is 5.11 Å². The molecule has 0 aromatic rings. The number of carbonyl (C=O) groups is 2. The van der Waals surface area contributed by atoms with Gasteiger partial charge in [0.2, 0.25) is 5.91 Å². The summed E-state index contributed by atoms with van der Waals surface area (Å²) >= 11 is 0. The highest BCUT2D eigenvalue weighted by Gasteiger charge is 2.60. The highest BCUT2D eigenvalue weighted by molar-refractivity contribution is 5.88. The molecule has 13 heavy (non-hydrogen) atoms. The number of amides is 1. The number of carboxylic acids is 1. The number of carbonyl (C=O) groups excluding carboxylic acids is 1. The van der Waals surface area contributed by atoms with Crippen molar-refractivity contribution in [3.8, 4) is 0 Å². The predicted molar refractivity (Wildman–Crippen MR) is 44.9 cm³/mol. The number of carboxylic acid groups (broad SMARTS) is 1. The van der Waals surface area contributed by atoms with E-state index >= 15 is 0 Å². The lowest BCUT2D eigenvalue weighted by Crippen LogP contribution is -2.30. The normalized spacial score (nSPS) is 35.4. The first-order valence-corrected chi connectivity index (χ1v) is 4.29. The molecule has 4 heteroatoms. The van der Waals surface area contributed by atoms with Gasteiger partial charge in [-0.1, -0.05) is 6.58 Å². The third-order valence-electron chi connectivity index (χ3n) is 2.97. The Bertz CT molecular complexity index is 275. The third-order valence-corrected chi connectivity index (χ3v) is 2.97. The maximum absolute atomic E-state index is 11.1. The Morgan fingerprint density at radius 1 is 1.38 bits per heavy atom. The van der Waals surface area contributed by atoms with E-state index in [0.717, 1.165) is 0 Å². The maximum atomic E-state index is 11.1. The van der Waals surface area contributed by atoms with Crippen LogP contribution in [0.5, 0.6) is 0 Å². The molecule has 0 aromatic carbocycles. The molecule has 1 saturated heterocycles. The topological polar surface area (TPSA) is 57.6 Å². The SMILES string of the molecule is C=CC(=O)N1C[C@@H]2C(C(=O)O)[C@@H]2C1. The predicted octanol–water partition coefficient (Wildman–Crippen LogP) is -0.0386. The van der Waals surface area contributed by atoms with Crippen molar-refractivity contribution in [2.75, 3.05) is 13.1 Å². The first-order chi connectivity index (χ1) is 6.15. The van der Waals surface area contributed by atoms with Crippen LogP contribution in [0, 0.1) is 17.8 Å². The Morgan fingerprint density at radius 3 is 2.31 bits per heavy atom. The van der Waals surface area contributed by atoms with Gasteiger partial charge in [-0.05, 0) is 17.9 Å². The second kappa shape index (κ2) is 2.58. The van der Waals surface area contributed by atoms with Gasteiger partial charge in [0, 0.05) is 13.1 Å². The number of fused-ring (bicyclic) bond motifs is 1. The number of likely N-dealkylation sites (tertiary alicyclic amines) is 1. The molecule has 2 fully saturated rings. The number of hydrogen-bond acceptors (Lipinski definition) is 2. The summed E-state index contributed by atoms with van der Waals surface area (Å²) in [5, 5.41) is 8.72. The third kappa shape index (κ3) is 1.13. The van der Waals surface area contributed by atoms with Crippen LogP contribution in [0.4, 0.5) is 0 Å². The molecule has 3 atom stereocenters. The van der Waals surface area contributed by atoms with Crippen LogP contribution in [0.25, 0.3) is 0 Å². The molecule has 2 aliphatic rings. The zero-order chi connectivity index (χ0) is 9.59. The number of piperidine rings is 1. The monoisotopic (exact) mass is 181 g/mol. The van der Waals surface area contributed by atoms with Gasteiger partial charge in [0.25, 0.3) is 0 Å². The molecular formula is C9H11NO3. The Labute approximate surface area is 75.8 Å². The fourth-order valence-corrected chi connectivity index (χ4v) is 2.20. The molecule has 4 nitrogen and oxygen atoms in total. The highest BCUT2D eigenvalue weighted by Crippen LogP contribution is 2.51. The van der Waals surface area contributed by atoms with Crippen molar-refractivity contribution < 1.29 is 14.7 Å². The van der Waals surface area contributed by atoms with E-state index in [2.05, 4.69) is 6.58 Å². The van der Waals surface area contributed by atoms with Crippen molar-refractivity contribution in [2.45, 2.75) is 0 Å². The summed E-state index contributed by atoms with van der Waals surface area (Å²) in [6.07, 6.45) is 1.28. The average molecular weight is 181 g/mol. The molecule has 1 aliphatic carbocycles. The number of aliphatic carboxylic acids is 1. The van der Waals surface area contributed by atoms with Crippen molar-refractivity contribution in [3.63, 3.8) is 0 Å². The van der Waals surface area contributed by atoms with E-state index in [1.807, 2.05) is 0 Å². The quantitative estimate of drug-likeness (QED) is 0.608. The van der Waals surface area contributed by atoms with Gasteiger partial charge in [-0.2, -0.15) is 0 Å². The molecule has 70 valence electrons.